The van der Waals surface area contributed by atoms with Crippen LogP contribution in [0.25, 0.3) is 0 Å². The Morgan fingerprint density at radius 1 is 1.07 bits per heavy atom. The van der Waals surface area contributed by atoms with Crippen molar-refractivity contribution in [1.82, 2.24) is 5.01 Å². The second-order valence-electron chi connectivity index (χ2n) is 7.64. The molecule has 3 rings (SSSR count). The van der Waals surface area contributed by atoms with E-state index in [1.165, 1.54) is 25.7 Å². The third-order valence-electron chi connectivity index (χ3n) is 4.12. The highest BCUT2D eigenvalue weighted by Crippen LogP contribution is 2.19. The van der Waals surface area contributed by atoms with Gasteiger partial charge in [-0.3, -0.25) is 9.59 Å². The zero-order valence-corrected chi connectivity index (χ0v) is 18.7. The van der Waals surface area contributed by atoms with E-state index in [9.17, 15) is 14.2 Å². The fourth-order valence-electron chi connectivity index (χ4n) is 2.46. The molecule has 11 heteroatoms. The van der Waals surface area contributed by atoms with E-state index in [4.69, 9.17) is 15.5 Å². The molecule has 2 heterocycles. The Bertz CT molecular complexity index is 640. The standard InChI is InChI=1S/C8H6N2O2.C6H12O.C5H13NO3P.H2O/c9-10-7(11)5-3-1-2-4-6(5)8(10)12;1-2-4-6-7-5-3-1;1-6(2,3)4-5-9-10(7)8;/h1-4H,9H2;1-6H2;4-5H2,1-3H3;1H2/q;;+1;. The van der Waals surface area contributed by atoms with E-state index in [0.29, 0.717) is 22.7 Å². The summed E-state index contributed by atoms with van der Waals surface area (Å²) in [6, 6.07) is 6.57. The molecule has 10 nitrogen and oxygen atoms in total. The van der Waals surface area contributed by atoms with Crippen LogP contribution in [-0.4, -0.2) is 79.2 Å². The van der Waals surface area contributed by atoms with Crippen LogP contribution in [0.3, 0.4) is 0 Å². The summed E-state index contributed by atoms with van der Waals surface area (Å²) >= 11 is 0. The summed E-state index contributed by atoms with van der Waals surface area (Å²) in [6.45, 7) is 3.07. The molecule has 1 unspecified atom stereocenters. The van der Waals surface area contributed by atoms with Crippen molar-refractivity contribution in [3.63, 3.8) is 0 Å². The van der Waals surface area contributed by atoms with E-state index < -0.39 is 20.1 Å². The van der Waals surface area contributed by atoms with Crippen LogP contribution in [-0.2, 0) is 13.8 Å². The van der Waals surface area contributed by atoms with Crippen molar-refractivity contribution in [3.05, 3.63) is 35.4 Å². The first kappa shape index (κ1) is 28.2. The number of quaternary nitrogens is 1. The largest absolute Gasteiger partial charge is 0.870 e. The number of nitrogens with zero attached hydrogens (tertiary/aromatic N) is 2. The van der Waals surface area contributed by atoms with Crippen LogP contribution in [0.2, 0.25) is 0 Å². The van der Waals surface area contributed by atoms with Gasteiger partial charge >= 0.3 is 8.25 Å². The molecule has 2 amide bonds. The van der Waals surface area contributed by atoms with Crippen LogP contribution in [0.15, 0.2) is 24.3 Å². The number of hydrogen-bond acceptors (Lipinski definition) is 7. The van der Waals surface area contributed by atoms with Gasteiger partial charge in [0.2, 0.25) is 0 Å². The highest BCUT2D eigenvalue weighted by Gasteiger charge is 2.32. The van der Waals surface area contributed by atoms with Gasteiger partial charge in [0.25, 0.3) is 11.8 Å². The smallest absolute Gasteiger partial charge is 0.694 e. The lowest BCUT2D eigenvalue weighted by Gasteiger charge is -2.21. The van der Waals surface area contributed by atoms with Gasteiger partial charge in [0, 0.05) is 17.8 Å². The lowest BCUT2D eigenvalue weighted by Crippen LogP contribution is -2.37. The Labute approximate surface area is 178 Å². The van der Waals surface area contributed by atoms with Gasteiger partial charge in [0.05, 0.1) is 32.3 Å². The summed E-state index contributed by atoms with van der Waals surface area (Å²) in [6.07, 6.45) is 5.31. The van der Waals surface area contributed by atoms with Gasteiger partial charge in [-0.2, -0.15) is 0 Å². The molecule has 0 aliphatic carbocycles. The van der Waals surface area contributed by atoms with Crippen molar-refractivity contribution in [2.45, 2.75) is 25.7 Å². The first-order chi connectivity index (χ1) is 13.6. The number of carbonyl (C=O) groups excluding carboxylic acids is 2. The summed E-state index contributed by atoms with van der Waals surface area (Å²) < 4.78 is 20.4. The third kappa shape index (κ3) is 10.8. The molecule has 2 aliphatic heterocycles. The molecule has 1 atom stereocenters. The van der Waals surface area contributed by atoms with Crippen LogP contribution in [0, 0.1) is 0 Å². The summed E-state index contributed by atoms with van der Waals surface area (Å²) in [7, 11) is 3.57. The second-order valence-corrected chi connectivity index (χ2v) is 8.37. The number of benzene rings is 1. The molecule has 30 heavy (non-hydrogen) atoms. The quantitative estimate of drug-likeness (QED) is 0.234. The molecule has 1 aromatic carbocycles. The Morgan fingerprint density at radius 3 is 1.93 bits per heavy atom. The molecule has 1 aromatic rings. The van der Waals surface area contributed by atoms with Gasteiger partial charge in [-0.15, -0.1) is 9.42 Å². The van der Waals surface area contributed by atoms with Crippen molar-refractivity contribution in [2.75, 3.05) is 47.5 Å². The summed E-state index contributed by atoms with van der Waals surface area (Å²) in [5.74, 6) is 4.34. The van der Waals surface area contributed by atoms with Crippen molar-refractivity contribution >= 4 is 20.1 Å². The predicted molar refractivity (Wildman–Crippen MR) is 111 cm³/mol. The van der Waals surface area contributed by atoms with Crippen LogP contribution in [0.4, 0.5) is 0 Å². The van der Waals surface area contributed by atoms with Crippen LogP contribution >= 0.6 is 8.25 Å². The Kier molecular flexibility index (Phi) is 13.4. The molecule has 4 N–H and O–H groups in total. The number of hydrogen-bond donors (Lipinski definition) is 2. The summed E-state index contributed by atoms with van der Waals surface area (Å²) in [5, 5.41) is 0.630. The zero-order valence-electron chi connectivity index (χ0n) is 17.8. The fraction of sp³-hybridized carbons (Fsp3) is 0.579. The molecule has 0 spiro atoms. The van der Waals surface area contributed by atoms with Crippen molar-refractivity contribution in [2.24, 2.45) is 5.84 Å². The Morgan fingerprint density at radius 2 is 1.53 bits per heavy atom. The number of carbonyl (C=O) groups is 2. The third-order valence-corrected chi connectivity index (χ3v) is 4.52. The van der Waals surface area contributed by atoms with Crippen molar-refractivity contribution < 1.29 is 38.3 Å². The molecule has 170 valence electrons. The van der Waals surface area contributed by atoms with Gasteiger partial charge in [-0.25, -0.2) is 10.9 Å². The lowest BCUT2D eigenvalue weighted by molar-refractivity contribution is -0.870. The molecule has 0 aromatic heterocycles. The van der Waals surface area contributed by atoms with E-state index in [1.807, 2.05) is 21.1 Å². The number of amides is 2. The summed E-state index contributed by atoms with van der Waals surface area (Å²) in [4.78, 5) is 30.6. The molecule has 1 fully saturated rings. The molecular weight excluding hydrogens is 413 g/mol. The number of hydrazine groups is 1. The minimum absolute atomic E-state index is 0. The topological polar surface area (TPSA) is 149 Å². The second kappa shape index (κ2) is 14.3. The van der Waals surface area contributed by atoms with E-state index in [0.717, 1.165) is 24.2 Å². The minimum Gasteiger partial charge on any atom is -0.870 e. The first-order valence-corrected chi connectivity index (χ1v) is 10.7. The number of ether oxygens (including phenoxy) is 1. The van der Waals surface area contributed by atoms with Gasteiger partial charge in [0.15, 0.2) is 6.61 Å². The highest BCUT2D eigenvalue weighted by atomic mass is 31.1. The Hall–Kier alpha value is -1.78. The molecule has 0 bridgehead atoms. The highest BCUT2D eigenvalue weighted by molar-refractivity contribution is 7.32. The minimum atomic E-state index is -2.41. The maximum Gasteiger partial charge on any atom is 0.694 e. The maximum atomic E-state index is 11.2. The zero-order chi connectivity index (χ0) is 21.9. The van der Waals surface area contributed by atoms with Crippen molar-refractivity contribution in [1.29, 1.82) is 0 Å². The number of fused-ring (bicyclic) bond motifs is 1. The maximum absolute atomic E-state index is 11.2. The van der Waals surface area contributed by atoms with Gasteiger partial charge in [-0.1, -0.05) is 25.0 Å². The van der Waals surface area contributed by atoms with Crippen LogP contribution in [0.5, 0.6) is 0 Å². The first-order valence-electron chi connectivity index (χ1n) is 9.53. The normalized spacial score (nSPS) is 16.2. The van der Waals surface area contributed by atoms with E-state index in [1.54, 1.807) is 24.3 Å². The van der Waals surface area contributed by atoms with E-state index >= 15 is 0 Å². The number of rotatable bonds is 4. The predicted octanol–water partition coefficient (Wildman–Crippen LogP) is 1.92. The number of likely N-dealkylation sites (N-methyl/N-ethyl adjacent to an activating group) is 1. The fourth-order valence-corrected chi connectivity index (χ4v) is 2.70. The molecular formula is C19H33N3O7P+. The number of nitrogens with two attached hydrogens (primary N) is 1. The number of imide groups is 1. The average molecular weight is 446 g/mol. The van der Waals surface area contributed by atoms with E-state index in [2.05, 4.69) is 4.52 Å². The molecule has 1 saturated heterocycles. The van der Waals surface area contributed by atoms with Gasteiger partial charge in [0.1, 0.15) is 6.54 Å². The lowest BCUT2D eigenvalue weighted by atomic mass is 10.1. The monoisotopic (exact) mass is 446 g/mol. The van der Waals surface area contributed by atoms with E-state index in [-0.39, 0.29) is 5.48 Å². The van der Waals surface area contributed by atoms with Gasteiger partial charge < -0.3 is 14.7 Å². The average Bonchev–Trinajstić information content (AvgIpc) is 2.89. The van der Waals surface area contributed by atoms with Crippen LogP contribution in [0.1, 0.15) is 46.4 Å². The Balaban J connectivity index is 0.000000428. The summed E-state index contributed by atoms with van der Waals surface area (Å²) in [5.41, 5.74) is 0.759. The molecule has 2 aliphatic rings. The molecule has 0 saturated carbocycles. The molecule has 0 radical (unpaired) electrons. The van der Waals surface area contributed by atoms with Crippen molar-refractivity contribution in [3.8, 4) is 0 Å². The SMILES string of the molecule is C1CCCOCC1.C[N+](C)(C)CCO[P+](=O)O.NN1C(=O)c2ccccc2C1=O.[OH-]. The van der Waals surface area contributed by atoms with Crippen LogP contribution < -0.4 is 5.84 Å². The van der Waals surface area contributed by atoms with Gasteiger partial charge in [-0.05, 0) is 25.0 Å².